The number of unbranched alkanes of at least 4 members (excludes halogenated alkanes) is 2. The standard InChI is InChI=1S/C15H20N2O3/c1-3-4-5-8-17(2)15(20)13-9-12(10-16-11-13)6-7-14(18)19/h6-7,9-11H,3-5,8H2,1-2H3,(H,18,19). The number of hydrogen-bond acceptors (Lipinski definition) is 3. The van der Waals surface area contributed by atoms with Crippen LogP contribution in [0.5, 0.6) is 0 Å². The zero-order chi connectivity index (χ0) is 15.0. The molecule has 5 heteroatoms. The first-order valence-corrected chi connectivity index (χ1v) is 6.66. The van der Waals surface area contributed by atoms with Crippen LogP contribution >= 0.6 is 0 Å². The lowest BCUT2D eigenvalue weighted by Crippen LogP contribution is -2.27. The van der Waals surface area contributed by atoms with Crippen molar-refractivity contribution in [1.29, 1.82) is 0 Å². The Morgan fingerprint density at radius 1 is 1.35 bits per heavy atom. The van der Waals surface area contributed by atoms with Crippen LogP contribution in [0.15, 0.2) is 24.5 Å². The first-order chi connectivity index (χ1) is 9.54. The van der Waals surface area contributed by atoms with Gasteiger partial charge in [0.1, 0.15) is 0 Å². The largest absolute Gasteiger partial charge is 0.478 e. The van der Waals surface area contributed by atoms with Crippen molar-refractivity contribution in [2.24, 2.45) is 0 Å². The Kier molecular flexibility index (Phi) is 6.43. The van der Waals surface area contributed by atoms with Crippen molar-refractivity contribution in [3.63, 3.8) is 0 Å². The van der Waals surface area contributed by atoms with Crippen molar-refractivity contribution < 1.29 is 14.7 Å². The Balaban J connectivity index is 2.73. The highest BCUT2D eigenvalue weighted by atomic mass is 16.4. The predicted octanol–water partition coefficient (Wildman–Crippen LogP) is 2.44. The maximum Gasteiger partial charge on any atom is 0.328 e. The third-order valence-electron chi connectivity index (χ3n) is 2.87. The van der Waals surface area contributed by atoms with E-state index in [1.54, 1.807) is 18.0 Å². The molecule has 108 valence electrons. The van der Waals surface area contributed by atoms with Gasteiger partial charge in [-0.05, 0) is 24.1 Å². The maximum absolute atomic E-state index is 12.2. The number of carboxylic acid groups (broad SMARTS) is 1. The van der Waals surface area contributed by atoms with Crippen LogP contribution in [0.1, 0.15) is 42.1 Å². The van der Waals surface area contributed by atoms with Crippen LogP contribution in [0.2, 0.25) is 0 Å². The normalized spacial score (nSPS) is 10.7. The molecule has 0 atom stereocenters. The average molecular weight is 276 g/mol. The van der Waals surface area contributed by atoms with Gasteiger partial charge in [-0.15, -0.1) is 0 Å². The lowest BCUT2D eigenvalue weighted by molar-refractivity contribution is -0.131. The van der Waals surface area contributed by atoms with Crippen molar-refractivity contribution in [3.05, 3.63) is 35.7 Å². The van der Waals surface area contributed by atoms with Gasteiger partial charge in [0.05, 0.1) is 5.56 Å². The van der Waals surface area contributed by atoms with Gasteiger partial charge in [-0.3, -0.25) is 9.78 Å². The second kappa shape index (κ2) is 8.09. The van der Waals surface area contributed by atoms with Crippen LogP contribution in [-0.4, -0.2) is 40.5 Å². The molecule has 0 aliphatic heterocycles. The molecule has 1 amide bonds. The quantitative estimate of drug-likeness (QED) is 0.613. The molecule has 5 nitrogen and oxygen atoms in total. The van der Waals surface area contributed by atoms with E-state index in [-0.39, 0.29) is 5.91 Å². The molecule has 1 aromatic rings. The van der Waals surface area contributed by atoms with E-state index in [1.165, 1.54) is 18.5 Å². The molecule has 0 aromatic carbocycles. The minimum Gasteiger partial charge on any atom is -0.478 e. The number of aromatic nitrogens is 1. The van der Waals surface area contributed by atoms with Crippen molar-refractivity contribution in [2.75, 3.05) is 13.6 Å². The van der Waals surface area contributed by atoms with Gasteiger partial charge in [-0.2, -0.15) is 0 Å². The van der Waals surface area contributed by atoms with Crippen molar-refractivity contribution >= 4 is 18.0 Å². The number of carbonyl (C=O) groups is 2. The van der Waals surface area contributed by atoms with E-state index < -0.39 is 5.97 Å². The van der Waals surface area contributed by atoms with Crippen LogP contribution in [0.4, 0.5) is 0 Å². The zero-order valence-electron chi connectivity index (χ0n) is 11.9. The Labute approximate surface area is 118 Å². The Bertz CT molecular complexity index is 498. The first-order valence-electron chi connectivity index (χ1n) is 6.66. The molecular formula is C15H20N2O3. The first kappa shape index (κ1) is 15.9. The van der Waals surface area contributed by atoms with Gasteiger partial charge in [0.25, 0.3) is 5.91 Å². The molecule has 1 heterocycles. The number of nitrogens with zero attached hydrogens (tertiary/aromatic N) is 2. The monoisotopic (exact) mass is 276 g/mol. The molecule has 0 fully saturated rings. The summed E-state index contributed by atoms with van der Waals surface area (Å²) in [6.07, 6.45) is 8.64. The summed E-state index contributed by atoms with van der Waals surface area (Å²) in [5, 5.41) is 8.58. The SMILES string of the molecule is CCCCCN(C)C(=O)c1cncc(C=CC(=O)O)c1. The lowest BCUT2D eigenvalue weighted by atomic mass is 10.1. The molecule has 0 radical (unpaired) electrons. The summed E-state index contributed by atoms with van der Waals surface area (Å²) in [5.74, 6) is -1.13. The number of amides is 1. The van der Waals surface area contributed by atoms with Gasteiger partial charge in [-0.1, -0.05) is 19.8 Å². The average Bonchev–Trinajstić information content (AvgIpc) is 2.44. The van der Waals surface area contributed by atoms with Gasteiger partial charge in [0.15, 0.2) is 0 Å². The molecule has 0 aliphatic rings. The second-order valence-electron chi connectivity index (χ2n) is 4.61. The summed E-state index contributed by atoms with van der Waals surface area (Å²) in [5.41, 5.74) is 1.07. The highest BCUT2D eigenvalue weighted by molar-refractivity contribution is 5.94. The van der Waals surface area contributed by atoms with Gasteiger partial charge in [0.2, 0.25) is 0 Å². The zero-order valence-corrected chi connectivity index (χ0v) is 11.9. The number of carboxylic acids is 1. The second-order valence-corrected chi connectivity index (χ2v) is 4.61. The molecule has 1 N–H and O–H groups in total. The fourth-order valence-corrected chi connectivity index (χ4v) is 1.75. The lowest BCUT2D eigenvalue weighted by Gasteiger charge is -2.16. The number of rotatable bonds is 7. The van der Waals surface area contributed by atoms with Crippen molar-refractivity contribution in [3.8, 4) is 0 Å². The number of hydrogen-bond donors (Lipinski definition) is 1. The fourth-order valence-electron chi connectivity index (χ4n) is 1.75. The van der Waals surface area contributed by atoms with Gasteiger partial charge < -0.3 is 10.0 Å². The molecule has 0 unspecified atom stereocenters. The molecule has 0 bridgehead atoms. The summed E-state index contributed by atoms with van der Waals surface area (Å²) in [4.78, 5) is 28.3. The smallest absolute Gasteiger partial charge is 0.328 e. The number of pyridine rings is 1. The summed E-state index contributed by atoms with van der Waals surface area (Å²) in [7, 11) is 1.76. The molecule has 0 aliphatic carbocycles. The summed E-state index contributed by atoms with van der Waals surface area (Å²) in [6, 6.07) is 1.64. The summed E-state index contributed by atoms with van der Waals surface area (Å²) < 4.78 is 0. The van der Waals surface area contributed by atoms with E-state index >= 15 is 0 Å². The van der Waals surface area contributed by atoms with E-state index in [0.29, 0.717) is 17.7 Å². The molecule has 20 heavy (non-hydrogen) atoms. The molecule has 1 aromatic heterocycles. The van der Waals surface area contributed by atoms with Crippen LogP contribution in [-0.2, 0) is 4.79 Å². The van der Waals surface area contributed by atoms with E-state index in [1.807, 2.05) is 0 Å². The Morgan fingerprint density at radius 3 is 2.75 bits per heavy atom. The summed E-state index contributed by atoms with van der Waals surface area (Å²) in [6.45, 7) is 2.83. The summed E-state index contributed by atoms with van der Waals surface area (Å²) >= 11 is 0. The minimum absolute atomic E-state index is 0.0980. The van der Waals surface area contributed by atoms with Crippen LogP contribution in [0.25, 0.3) is 6.08 Å². The number of aliphatic carboxylic acids is 1. The molecular weight excluding hydrogens is 256 g/mol. The third-order valence-corrected chi connectivity index (χ3v) is 2.87. The molecule has 1 rings (SSSR count). The highest BCUT2D eigenvalue weighted by Gasteiger charge is 2.11. The number of carbonyl (C=O) groups excluding carboxylic acids is 1. The fraction of sp³-hybridized carbons (Fsp3) is 0.400. The molecule has 0 spiro atoms. The van der Waals surface area contributed by atoms with Gasteiger partial charge in [0, 0.05) is 32.1 Å². The van der Waals surface area contributed by atoms with E-state index in [9.17, 15) is 9.59 Å². The van der Waals surface area contributed by atoms with E-state index in [0.717, 1.165) is 25.3 Å². The third kappa shape index (κ3) is 5.22. The highest BCUT2D eigenvalue weighted by Crippen LogP contribution is 2.08. The van der Waals surface area contributed by atoms with Crippen LogP contribution < -0.4 is 0 Å². The molecule has 0 saturated carbocycles. The Hall–Kier alpha value is -2.17. The van der Waals surface area contributed by atoms with Crippen LogP contribution in [0, 0.1) is 0 Å². The molecule has 0 saturated heterocycles. The predicted molar refractivity (Wildman–Crippen MR) is 77.4 cm³/mol. The van der Waals surface area contributed by atoms with Crippen LogP contribution in [0.3, 0.4) is 0 Å². The van der Waals surface area contributed by atoms with Gasteiger partial charge in [-0.25, -0.2) is 4.79 Å². The van der Waals surface area contributed by atoms with E-state index in [2.05, 4.69) is 11.9 Å². The van der Waals surface area contributed by atoms with Crippen molar-refractivity contribution in [2.45, 2.75) is 26.2 Å². The topological polar surface area (TPSA) is 70.5 Å². The van der Waals surface area contributed by atoms with E-state index in [4.69, 9.17) is 5.11 Å². The Morgan fingerprint density at radius 2 is 2.10 bits per heavy atom. The van der Waals surface area contributed by atoms with Crippen molar-refractivity contribution in [1.82, 2.24) is 9.88 Å². The maximum atomic E-state index is 12.2. The van der Waals surface area contributed by atoms with Gasteiger partial charge >= 0.3 is 5.97 Å². The minimum atomic E-state index is -1.03.